The fourth-order valence-corrected chi connectivity index (χ4v) is 2.94. The third-order valence-electron chi connectivity index (χ3n) is 4.43. The van der Waals surface area contributed by atoms with Crippen LogP contribution < -0.4 is 11.1 Å². The summed E-state index contributed by atoms with van der Waals surface area (Å²) in [5, 5.41) is 3.09. The maximum absolute atomic E-state index is 12.3. The van der Waals surface area contributed by atoms with Crippen LogP contribution in [0.3, 0.4) is 0 Å². The van der Waals surface area contributed by atoms with Gasteiger partial charge in [-0.05, 0) is 39.5 Å². The molecule has 1 aliphatic carbocycles. The summed E-state index contributed by atoms with van der Waals surface area (Å²) in [6.45, 7) is 4.83. The van der Waals surface area contributed by atoms with Crippen LogP contribution in [0.5, 0.6) is 0 Å². The van der Waals surface area contributed by atoms with E-state index < -0.39 is 0 Å². The summed E-state index contributed by atoms with van der Waals surface area (Å²) in [6, 6.07) is 0.0915. The van der Waals surface area contributed by atoms with Gasteiger partial charge in [0.25, 0.3) is 0 Å². The molecule has 2 fully saturated rings. The zero-order chi connectivity index (χ0) is 12.5. The van der Waals surface area contributed by atoms with Crippen LogP contribution in [0, 0.1) is 5.41 Å². The highest BCUT2D eigenvalue weighted by atomic mass is 16.5. The molecule has 0 radical (unpaired) electrons. The molecule has 4 atom stereocenters. The lowest BCUT2D eigenvalue weighted by molar-refractivity contribution is -0.132. The summed E-state index contributed by atoms with van der Waals surface area (Å²) in [7, 11) is 0. The fourth-order valence-electron chi connectivity index (χ4n) is 2.94. The van der Waals surface area contributed by atoms with Crippen molar-refractivity contribution in [3.63, 3.8) is 0 Å². The second-order valence-corrected chi connectivity index (χ2v) is 5.73. The van der Waals surface area contributed by atoms with Gasteiger partial charge < -0.3 is 15.8 Å². The largest absolute Gasteiger partial charge is 0.376 e. The van der Waals surface area contributed by atoms with Gasteiger partial charge in [-0.1, -0.05) is 6.42 Å². The molecule has 4 nitrogen and oxygen atoms in total. The fraction of sp³-hybridized carbons (Fsp3) is 0.923. The van der Waals surface area contributed by atoms with E-state index in [0.29, 0.717) is 0 Å². The molecule has 2 rings (SSSR count). The van der Waals surface area contributed by atoms with Crippen LogP contribution in [0.15, 0.2) is 0 Å². The topological polar surface area (TPSA) is 64.4 Å². The van der Waals surface area contributed by atoms with Gasteiger partial charge in [0.05, 0.1) is 17.6 Å². The van der Waals surface area contributed by atoms with E-state index in [4.69, 9.17) is 10.5 Å². The average molecular weight is 240 g/mol. The molecule has 1 aliphatic heterocycles. The molecule has 4 unspecified atom stereocenters. The normalized spacial score (nSPS) is 39.2. The van der Waals surface area contributed by atoms with Gasteiger partial charge >= 0.3 is 0 Å². The van der Waals surface area contributed by atoms with E-state index in [1.807, 2.05) is 13.8 Å². The summed E-state index contributed by atoms with van der Waals surface area (Å²) in [4.78, 5) is 12.3. The van der Waals surface area contributed by atoms with E-state index in [0.717, 1.165) is 38.7 Å². The van der Waals surface area contributed by atoms with Crippen LogP contribution in [0.2, 0.25) is 0 Å². The Morgan fingerprint density at radius 3 is 2.76 bits per heavy atom. The smallest absolute Gasteiger partial charge is 0.227 e. The van der Waals surface area contributed by atoms with Crippen molar-refractivity contribution in [3.05, 3.63) is 0 Å². The predicted molar refractivity (Wildman–Crippen MR) is 66.5 cm³/mol. The van der Waals surface area contributed by atoms with Crippen molar-refractivity contribution in [1.29, 1.82) is 0 Å². The Hall–Kier alpha value is -0.610. The first-order valence-corrected chi connectivity index (χ1v) is 6.72. The molecule has 98 valence electrons. The van der Waals surface area contributed by atoms with Crippen molar-refractivity contribution in [2.24, 2.45) is 11.1 Å². The first kappa shape index (κ1) is 12.8. The van der Waals surface area contributed by atoms with Crippen LogP contribution in [0.25, 0.3) is 0 Å². The lowest BCUT2D eigenvalue weighted by Gasteiger charge is -2.30. The van der Waals surface area contributed by atoms with Crippen LogP contribution in [-0.4, -0.2) is 30.7 Å². The molecule has 1 saturated heterocycles. The van der Waals surface area contributed by atoms with E-state index in [2.05, 4.69) is 5.32 Å². The number of rotatable bonds is 3. The summed E-state index contributed by atoms with van der Waals surface area (Å²) < 4.78 is 5.59. The predicted octanol–water partition coefficient (Wildman–Crippen LogP) is 1.19. The molecule has 1 saturated carbocycles. The molecule has 0 aromatic heterocycles. The lowest BCUT2D eigenvalue weighted by Crippen LogP contribution is -2.52. The average Bonchev–Trinajstić information content (AvgIpc) is 2.90. The van der Waals surface area contributed by atoms with Gasteiger partial charge in [0.15, 0.2) is 0 Å². The van der Waals surface area contributed by atoms with Gasteiger partial charge in [0.2, 0.25) is 5.91 Å². The maximum Gasteiger partial charge on any atom is 0.227 e. The molecule has 17 heavy (non-hydrogen) atoms. The Labute approximate surface area is 103 Å². The van der Waals surface area contributed by atoms with E-state index in [1.54, 1.807) is 0 Å². The zero-order valence-corrected chi connectivity index (χ0v) is 10.9. The van der Waals surface area contributed by atoms with Crippen LogP contribution in [0.4, 0.5) is 0 Å². The van der Waals surface area contributed by atoms with Gasteiger partial charge in [-0.25, -0.2) is 0 Å². The number of carbonyl (C=O) groups excluding carboxylic acids is 1. The zero-order valence-electron chi connectivity index (χ0n) is 10.9. The van der Waals surface area contributed by atoms with Gasteiger partial charge in [-0.2, -0.15) is 0 Å². The lowest BCUT2D eigenvalue weighted by atomic mass is 9.84. The first-order chi connectivity index (χ1) is 8.04. The number of hydrogen-bond donors (Lipinski definition) is 2. The minimum absolute atomic E-state index is 0.000744. The number of nitrogens with two attached hydrogens (primary N) is 1. The number of amides is 1. The van der Waals surface area contributed by atoms with Crippen molar-refractivity contribution in [2.45, 2.75) is 64.1 Å². The van der Waals surface area contributed by atoms with Gasteiger partial charge in [-0.3, -0.25) is 4.79 Å². The standard InChI is InChI=1S/C13H24N2O2/c1-9(10-5-4-8-17-10)15-12(16)13(2)7-3-6-11(13)14/h9-11H,3-8,14H2,1-2H3,(H,15,16). The maximum atomic E-state index is 12.3. The molecule has 1 amide bonds. The van der Waals surface area contributed by atoms with E-state index in [9.17, 15) is 4.79 Å². The molecular formula is C13H24N2O2. The summed E-state index contributed by atoms with van der Waals surface area (Å²) in [6.07, 6.45) is 5.24. The molecule has 0 bridgehead atoms. The van der Waals surface area contributed by atoms with Gasteiger partial charge in [0, 0.05) is 12.6 Å². The second-order valence-electron chi connectivity index (χ2n) is 5.73. The summed E-state index contributed by atoms with van der Waals surface area (Å²) in [5.41, 5.74) is 5.67. The molecule has 0 aromatic carbocycles. The van der Waals surface area contributed by atoms with Crippen LogP contribution >= 0.6 is 0 Å². The van der Waals surface area contributed by atoms with Crippen molar-refractivity contribution in [2.75, 3.05) is 6.61 Å². The molecule has 4 heteroatoms. The highest BCUT2D eigenvalue weighted by molar-refractivity contribution is 5.83. The Balaban J connectivity index is 1.91. The third-order valence-corrected chi connectivity index (χ3v) is 4.43. The monoisotopic (exact) mass is 240 g/mol. The molecular weight excluding hydrogens is 216 g/mol. The summed E-state index contributed by atoms with van der Waals surface area (Å²) in [5.74, 6) is 0.102. The van der Waals surface area contributed by atoms with E-state index in [1.165, 1.54) is 0 Å². The van der Waals surface area contributed by atoms with Gasteiger partial charge in [0.1, 0.15) is 0 Å². The van der Waals surface area contributed by atoms with Crippen LogP contribution in [-0.2, 0) is 9.53 Å². The van der Waals surface area contributed by atoms with E-state index in [-0.39, 0.29) is 29.5 Å². The minimum atomic E-state index is -0.382. The second kappa shape index (κ2) is 4.94. The molecule has 0 spiro atoms. The molecule has 0 aromatic rings. The number of nitrogens with one attached hydrogen (secondary N) is 1. The van der Waals surface area contributed by atoms with Crippen molar-refractivity contribution >= 4 is 5.91 Å². The first-order valence-electron chi connectivity index (χ1n) is 6.72. The van der Waals surface area contributed by atoms with Crippen molar-refractivity contribution < 1.29 is 9.53 Å². The van der Waals surface area contributed by atoms with Gasteiger partial charge in [-0.15, -0.1) is 0 Å². The molecule has 3 N–H and O–H groups in total. The molecule has 1 heterocycles. The Kier molecular flexibility index (Phi) is 3.73. The minimum Gasteiger partial charge on any atom is -0.376 e. The SMILES string of the molecule is CC(NC(=O)C1(C)CCCC1N)C1CCCO1. The Morgan fingerprint density at radius 1 is 1.47 bits per heavy atom. The van der Waals surface area contributed by atoms with Crippen molar-refractivity contribution in [3.8, 4) is 0 Å². The third kappa shape index (κ3) is 2.47. The number of carbonyl (C=O) groups is 1. The highest BCUT2D eigenvalue weighted by Gasteiger charge is 2.43. The highest BCUT2D eigenvalue weighted by Crippen LogP contribution is 2.37. The van der Waals surface area contributed by atoms with Crippen LogP contribution in [0.1, 0.15) is 46.0 Å². The number of hydrogen-bond acceptors (Lipinski definition) is 3. The summed E-state index contributed by atoms with van der Waals surface area (Å²) >= 11 is 0. The Morgan fingerprint density at radius 2 is 2.24 bits per heavy atom. The van der Waals surface area contributed by atoms with E-state index >= 15 is 0 Å². The number of ether oxygens (including phenoxy) is 1. The molecule has 2 aliphatic rings. The van der Waals surface area contributed by atoms with Crippen molar-refractivity contribution in [1.82, 2.24) is 5.32 Å². The quantitative estimate of drug-likeness (QED) is 0.779. The Bertz CT molecular complexity index is 289.